The van der Waals surface area contributed by atoms with E-state index < -0.39 is 0 Å². The second-order valence-electron chi connectivity index (χ2n) is 7.33. The first kappa shape index (κ1) is 15.6. The number of benzene rings is 1. The van der Waals surface area contributed by atoms with E-state index in [1.807, 2.05) is 28.8 Å². The van der Waals surface area contributed by atoms with Crippen LogP contribution < -0.4 is 10.5 Å². The molecular weight excluding hydrogens is 328 g/mol. The van der Waals surface area contributed by atoms with Crippen molar-refractivity contribution in [1.82, 2.24) is 4.57 Å². The number of anilines is 1. The Hall–Kier alpha value is -2.69. The van der Waals surface area contributed by atoms with Gasteiger partial charge in [-0.1, -0.05) is 30.3 Å². The van der Waals surface area contributed by atoms with Crippen molar-refractivity contribution in [3.63, 3.8) is 0 Å². The fraction of sp³-hybridized carbons (Fsp3) is 0.381. The minimum atomic E-state index is -0.322. The van der Waals surface area contributed by atoms with E-state index in [0.29, 0.717) is 12.3 Å². The quantitative estimate of drug-likeness (QED) is 0.854. The summed E-state index contributed by atoms with van der Waals surface area (Å²) in [5, 5.41) is 0. The van der Waals surface area contributed by atoms with Crippen LogP contribution in [-0.2, 0) is 22.4 Å². The fourth-order valence-electron chi connectivity index (χ4n) is 4.30. The van der Waals surface area contributed by atoms with Crippen LogP contribution in [0, 0.1) is 5.92 Å². The largest absolute Gasteiger partial charge is 0.458 e. The Morgan fingerprint density at radius 1 is 1.08 bits per heavy atom. The summed E-state index contributed by atoms with van der Waals surface area (Å²) in [6, 6.07) is 13.7. The molecule has 26 heavy (non-hydrogen) atoms. The smallest absolute Gasteiger partial charge is 0.252 e. The number of ether oxygens (including phenoxy) is 2. The van der Waals surface area contributed by atoms with E-state index in [1.54, 1.807) is 12.3 Å². The number of rotatable bonds is 3. The SMILES string of the molecule is O=c1ccc(C2=COC(Cc3ccccc3)O2)c2n1CC1CCCN2C1. The van der Waals surface area contributed by atoms with Crippen molar-refractivity contribution in [2.24, 2.45) is 5.92 Å². The summed E-state index contributed by atoms with van der Waals surface area (Å²) in [4.78, 5) is 14.7. The van der Waals surface area contributed by atoms with E-state index in [2.05, 4.69) is 17.0 Å². The lowest BCUT2D eigenvalue weighted by atomic mass is 9.94. The second kappa shape index (κ2) is 6.24. The number of hydrogen-bond acceptors (Lipinski definition) is 4. The molecule has 5 nitrogen and oxygen atoms in total. The molecule has 0 N–H and O–H groups in total. The van der Waals surface area contributed by atoms with E-state index in [4.69, 9.17) is 9.47 Å². The van der Waals surface area contributed by atoms with Crippen molar-refractivity contribution in [2.45, 2.75) is 32.1 Å². The Kier molecular flexibility index (Phi) is 3.73. The first-order chi connectivity index (χ1) is 12.8. The maximum atomic E-state index is 12.4. The van der Waals surface area contributed by atoms with Gasteiger partial charge < -0.3 is 14.4 Å². The monoisotopic (exact) mass is 350 g/mol. The third kappa shape index (κ3) is 2.68. The maximum Gasteiger partial charge on any atom is 0.252 e. The van der Waals surface area contributed by atoms with Crippen LogP contribution in [-0.4, -0.2) is 23.9 Å². The highest BCUT2D eigenvalue weighted by atomic mass is 16.7. The summed E-state index contributed by atoms with van der Waals surface area (Å²) in [6.45, 7) is 2.83. The van der Waals surface area contributed by atoms with Gasteiger partial charge in [-0.25, -0.2) is 0 Å². The third-order valence-electron chi connectivity index (χ3n) is 5.51. The molecule has 0 saturated carbocycles. The summed E-state index contributed by atoms with van der Waals surface area (Å²) in [6.07, 6.45) is 4.46. The number of aromatic nitrogens is 1. The zero-order valence-electron chi connectivity index (χ0n) is 14.6. The molecule has 0 radical (unpaired) electrons. The Morgan fingerprint density at radius 3 is 2.85 bits per heavy atom. The molecule has 5 heteroatoms. The van der Waals surface area contributed by atoms with Gasteiger partial charge in [0, 0.05) is 32.1 Å². The van der Waals surface area contributed by atoms with E-state index in [0.717, 1.165) is 36.8 Å². The lowest BCUT2D eigenvalue weighted by Gasteiger charge is -2.41. The zero-order chi connectivity index (χ0) is 17.5. The Bertz CT molecular complexity index is 903. The molecule has 2 bridgehead atoms. The van der Waals surface area contributed by atoms with Crippen LogP contribution in [0.25, 0.3) is 5.76 Å². The van der Waals surface area contributed by atoms with Crippen LogP contribution in [0.3, 0.4) is 0 Å². The molecule has 3 aliphatic rings. The van der Waals surface area contributed by atoms with Crippen molar-refractivity contribution in [3.05, 3.63) is 70.2 Å². The van der Waals surface area contributed by atoms with Crippen molar-refractivity contribution in [1.29, 1.82) is 0 Å². The lowest BCUT2D eigenvalue weighted by molar-refractivity contribution is -0.0136. The topological polar surface area (TPSA) is 43.7 Å². The van der Waals surface area contributed by atoms with Gasteiger partial charge in [-0.3, -0.25) is 9.36 Å². The highest BCUT2D eigenvalue weighted by Crippen LogP contribution is 2.37. The molecular formula is C21H22N2O3. The first-order valence-corrected chi connectivity index (χ1v) is 9.33. The van der Waals surface area contributed by atoms with Gasteiger partial charge in [-0.05, 0) is 30.4 Å². The molecule has 2 atom stereocenters. The van der Waals surface area contributed by atoms with Gasteiger partial charge in [0.1, 0.15) is 12.1 Å². The molecule has 5 rings (SSSR count). The molecule has 3 aliphatic heterocycles. The minimum absolute atomic E-state index is 0.0701. The van der Waals surface area contributed by atoms with Gasteiger partial charge >= 0.3 is 0 Å². The Labute approximate surface area is 152 Å². The summed E-state index contributed by atoms with van der Waals surface area (Å²) in [7, 11) is 0. The van der Waals surface area contributed by atoms with Gasteiger partial charge in [-0.2, -0.15) is 0 Å². The number of piperidine rings is 1. The van der Waals surface area contributed by atoms with Crippen molar-refractivity contribution in [3.8, 4) is 0 Å². The number of pyridine rings is 1. The predicted molar refractivity (Wildman–Crippen MR) is 99.7 cm³/mol. The van der Waals surface area contributed by atoms with E-state index in [1.165, 1.54) is 18.4 Å². The summed E-state index contributed by atoms with van der Waals surface area (Å²) < 4.78 is 13.8. The van der Waals surface area contributed by atoms with Crippen LogP contribution >= 0.6 is 0 Å². The molecule has 1 aromatic carbocycles. The van der Waals surface area contributed by atoms with Gasteiger partial charge in [0.15, 0.2) is 5.76 Å². The Balaban J connectivity index is 1.43. The average Bonchev–Trinajstić information content (AvgIpc) is 3.12. The summed E-state index contributed by atoms with van der Waals surface area (Å²) in [5.41, 5.74) is 2.21. The van der Waals surface area contributed by atoms with Gasteiger partial charge in [-0.15, -0.1) is 0 Å². The number of nitrogens with zero attached hydrogens (tertiary/aromatic N) is 2. The molecule has 4 heterocycles. The molecule has 134 valence electrons. The standard InChI is InChI=1S/C21H22N2O3/c24-19-9-8-17(21-22-10-4-7-16(12-22)13-23(19)21)18-14-25-20(26-18)11-15-5-2-1-3-6-15/h1-3,5-6,8-9,14,16,20H,4,7,10-13H2. The molecule has 1 aromatic heterocycles. The second-order valence-corrected chi connectivity index (χ2v) is 7.33. The third-order valence-corrected chi connectivity index (χ3v) is 5.51. The molecule has 2 unspecified atom stereocenters. The number of fused-ring (bicyclic) bond motifs is 4. The van der Waals surface area contributed by atoms with Crippen LogP contribution in [0.1, 0.15) is 24.0 Å². The summed E-state index contributed by atoms with van der Waals surface area (Å²) >= 11 is 0. The highest BCUT2D eigenvalue weighted by Gasteiger charge is 2.33. The van der Waals surface area contributed by atoms with E-state index in [-0.39, 0.29) is 11.8 Å². The van der Waals surface area contributed by atoms with Crippen LogP contribution in [0.2, 0.25) is 0 Å². The molecule has 2 aromatic rings. The molecule has 0 amide bonds. The lowest BCUT2D eigenvalue weighted by Crippen LogP contribution is -2.46. The normalized spacial score (nSPS) is 23.7. The van der Waals surface area contributed by atoms with Crippen molar-refractivity contribution in [2.75, 3.05) is 18.0 Å². The highest BCUT2D eigenvalue weighted by molar-refractivity contribution is 5.72. The van der Waals surface area contributed by atoms with Crippen LogP contribution in [0.4, 0.5) is 5.82 Å². The summed E-state index contributed by atoms with van der Waals surface area (Å²) in [5.74, 6) is 2.28. The van der Waals surface area contributed by atoms with Crippen molar-refractivity contribution >= 4 is 11.6 Å². The molecule has 0 aliphatic carbocycles. The molecule has 1 saturated heterocycles. The van der Waals surface area contributed by atoms with Crippen LogP contribution in [0.15, 0.2) is 53.5 Å². The molecule has 0 spiro atoms. The van der Waals surface area contributed by atoms with Gasteiger partial charge in [0.2, 0.25) is 6.29 Å². The van der Waals surface area contributed by atoms with Crippen molar-refractivity contribution < 1.29 is 9.47 Å². The first-order valence-electron chi connectivity index (χ1n) is 9.33. The van der Waals surface area contributed by atoms with E-state index in [9.17, 15) is 4.79 Å². The minimum Gasteiger partial charge on any atom is -0.458 e. The van der Waals surface area contributed by atoms with Crippen LogP contribution in [0.5, 0.6) is 0 Å². The number of hydrogen-bond donors (Lipinski definition) is 0. The van der Waals surface area contributed by atoms with E-state index >= 15 is 0 Å². The Morgan fingerprint density at radius 2 is 1.96 bits per heavy atom. The maximum absolute atomic E-state index is 12.4. The molecule has 1 fully saturated rings. The van der Waals surface area contributed by atoms with Gasteiger partial charge in [0.25, 0.3) is 5.56 Å². The van der Waals surface area contributed by atoms with Gasteiger partial charge in [0.05, 0.1) is 5.56 Å². The average molecular weight is 350 g/mol. The zero-order valence-corrected chi connectivity index (χ0v) is 14.6. The predicted octanol–water partition coefficient (Wildman–Crippen LogP) is 2.99. The fourth-order valence-corrected chi connectivity index (χ4v) is 4.30.